The van der Waals surface area contributed by atoms with Crippen LogP contribution in [0.15, 0.2) is 65.8 Å². The van der Waals surface area contributed by atoms with Crippen LogP contribution >= 0.6 is 11.6 Å². The lowest BCUT2D eigenvalue weighted by Gasteiger charge is -2.21. The Morgan fingerprint density at radius 2 is 1.85 bits per heavy atom. The summed E-state index contributed by atoms with van der Waals surface area (Å²) in [6.45, 7) is 2.44. The molecule has 4 aromatic rings. The minimum absolute atomic E-state index is 0.233. The second-order valence-corrected chi connectivity index (χ2v) is 8.26. The molecule has 8 nitrogen and oxygen atoms in total. The molecule has 2 aromatic carbocycles. The number of hydrogen-bond acceptors (Lipinski definition) is 6. The number of benzene rings is 2. The SMILES string of the molecule is COc1cc(-n2cnn3cc(-c4ccc(Cl)cc4)cc3c2=O)ccc1OCC(C)(O)C(C)=O. The van der Waals surface area contributed by atoms with E-state index >= 15 is 0 Å². The lowest BCUT2D eigenvalue weighted by molar-refractivity contribution is -0.136. The van der Waals surface area contributed by atoms with Crippen LogP contribution in [0.3, 0.4) is 0 Å². The Hall–Kier alpha value is -3.62. The van der Waals surface area contributed by atoms with Crippen LogP contribution in [0, 0.1) is 0 Å². The smallest absolute Gasteiger partial charge is 0.282 e. The van der Waals surface area contributed by atoms with Crippen molar-refractivity contribution >= 4 is 22.9 Å². The summed E-state index contributed by atoms with van der Waals surface area (Å²) in [5.41, 5.74) is 0.798. The van der Waals surface area contributed by atoms with Gasteiger partial charge in [0.15, 0.2) is 22.9 Å². The van der Waals surface area contributed by atoms with Crippen LogP contribution in [-0.4, -0.2) is 44.4 Å². The van der Waals surface area contributed by atoms with Gasteiger partial charge < -0.3 is 14.6 Å². The van der Waals surface area contributed by atoms with E-state index in [1.54, 1.807) is 42.6 Å². The van der Waals surface area contributed by atoms with Gasteiger partial charge in [0.1, 0.15) is 18.5 Å². The molecule has 0 spiro atoms. The molecule has 0 fully saturated rings. The van der Waals surface area contributed by atoms with E-state index in [0.717, 1.165) is 11.1 Å². The maximum Gasteiger partial charge on any atom is 0.282 e. The van der Waals surface area contributed by atoms with E-state index in [0.29, 0.717) is 27.7 Å². The third kappa shape index (κ3) is 4.48. The van der Waals surface area contributed by atoms with Gasteiger partial charge in [-0.05, 0) is 49.7 Å². The molecule has 0 aliphatic rings. The van der Waals surface area contributed by atoms with Crippen molar-refractivity contribution in [3.05, 3.63) is 76.4 Å². The number of fused-ring (bicyclic) bond motifs is 1. The Balaban J connectivity index is 1.68. The van der Waals surface area contributed by atoms with Gasteiger partial charge >= 0.3 is 0 Å². The van der Waals surface area contributed by atoms with Crippen molar-refractivity contribution in [2.75, 3.05) is 13.7 Å². The van der Waals surface area contributed by atoms with E-state index in [1.807, 2.05) is 12.1 Å². The molecule has 170 valence electrons. The number of carbonyl (C=O) groups is 1. The van der Waals surface area contributed by atoms with Gasteiger partial charge in [-0.15, -0.1) is 0 Å². The van der Waals surface area contributed by atoms with Crippen LogP contribution in [0.1, 0.15) is 13.8 Å². The van der Waals surface area contributed by atoms with Crippen molar-refractivity contribution < 1.29 is 19.4 Å². The first-order valence-electron chi connectivity index (χ1n) is 10.1. The lowest BCUT2D eigenvalue weighted by Crippen LogP contribution is -2.39. The number of halogens is 1. The van der Waals surface area contributed by atoms with E-state index in [9.17, 15) is 14.7 Å². The third-order valence-electron chi connectivity index (χ3n) is 5.40. The van der Waals surface area contributed by atoms with Crippen LogP contribution < -0.4 is 15.0 Å². The molecule has 0 aliphatic heterocycles. The number of aromatic nitrogens is 3. The first-order chi connectivity index (χ1) is 15.7. The maximum absolute atomic E-state index is 13.2. The number of nitrogens with zero attached hydrogens (tertiary/aromatic N) is 3. The van der Waals surface area contributed by atoms with E-state index in [1.165, 1.54) is 36.4 Å². The lowest BCUT2D eigenvalue weighted by atomic mass is 10.0. The Morgan fingerprint density at radius 3 is 2.52 bits per heavy atom. The monoisotopic (exact) mass is 467 g/mol. The van der Waals surface area contributed by atoms with Gasteiger partial charge in [-0.25, -0.2) is 4.52 Å². The number of rotatable bonds is 7. The highest BCUT2D eigenvalue weighted by molar-refractivity contribution is 6.30. The minimum atomic E-state index is -1.62. The fourth-order valence-corrected chi connectivity index (χ4v) is 3.35. The van der Waals surface area contributed by atoms with E-state index in [-0.39, 0.29) is 12.2 Å². The van der Waals surface area contributed by atoms with Crippen molar-refractivity contribution in [1.29, 1.82) is 0 Å². The molecule has 0 saturated carbocycles. The van der Waals surface area contributed by atoms with E-state index in [4.69, 9.17) is 21.1 Å². The first kappa shape index (κ1) is 22.6. The van der Waals surface area contributed by atoms with Crippen LogP contribution in [0.25, 0.3) is 22.3 Å². The second kappa shape index (κ2) is 8.73. The van der Waals surface area contributed by atoms with Crippen LogP contribution in [0.4, 0.5) is 0 Å². The fourth-order valence-electron chi connectivity index (χ4n) is 3.22. The van der Waals surface area contributed by atoms with Crippen LogP contribution in [0.5, 0.6) is 11.5 Å². The molecule has 0 aliphatic carbocycles. The minimum Gasteiger partial charge on any atom is -0.493 e. The number of aliphatic hydroxyl groups is 1. The molecule has 0 amide bonds. The summed E-state index contributed by atoms with van der Waals surface area (Å²) < 4.78 is 13.9. The molecular formula is C24H22ClN3O5. The van der Waals surface area contributed by atoms with Gasteiger partial charge in [-0.3, -0.25) is 14.2 Å². The van der Waals surface area contributed by atoms with Crippen molar-refractivity contribution in [3.8, 4) is 28.3 Å². The predicted molar refractivity (Wildman–Crippen MR) is 125 cm³/mol. The summed E-state index contributed by atoms with van der Waals surface area (Å²) in [7, 11) is 1.46. The summed E-state index contributed by atoms with van der Waals surface area (Å²) in [5.74, 6) is 0.266. The molecular weight excluding hydrogens is 446 g/mol. The van der Waals surface area contributed by atoms with Crippen molar-refractivity contribution in [2.45, 2.75) is 19.4 Å². The topological polar surface area (TPSA) is 95.1 Å². The highest BCUT2D eigenvalue weighted by atomic mass is 35.5. The summed E-state index contributed by atoms with van der Waals surface area (Å²) in [6.07, 6.45) is 3.21. The molecule has 0 bridgehead atoms. The first-order valence-corrected chi connectivity index (χ1v) is 10.5. The zero-order valence-corrected chi connectivity index (χ0v) is 19.0. The highest BCUT2D eigenvalue weighted by Gasteiger charge is 2.27. The van der Waals surface area contributed by atoms with Gasteiger partial charge in [0, 0.05) is 22.8 Å². The Kier molecular flexibility index (Phi) is 5.97. The van der Waals surface area contributed by atoms with E-state index < -0.39 is 11.4 Å². The molecule has 33 heavy (non-hydrogen) atoms. The summed E-state index contributed by atoms with van der Waals surface area (Å²) in [6, 6.07) is 14.0. The standard InChI is InChI=1S/C24H22ClN3O5/c1-15(29)24(2,31)13-33-21-9-8-19(11-22(21)32-3)27-14-26-28-12-17(10-20(28)23(27)30)16-4-6-18(25)7-5-16/h4-12,14,31H,13H2,1-3H3. The predicted octanol–water partition coefficient (Wildman–Crippen LogP) is 3.53. The van der Waals surface area contributed by atoms with Gasteiger partial charge in [0.2, 0.25) is 0 Å². The van der Waals surface area contributed by atoms with Gasteiger partial charge in [0.25, 0.3) is 5.56 Å². The zero-order valence-electron chi connectivity index (χ0n) is 18.3. The van der Waals surface area contributed by atoms with Crippen molar-refractivity contribution in [1.82, 2.24) is 14.2 Å². The third-order valence-corrected chi connectivity index (χ3v) is 5.65. The Labute approximate surface area is 194 Å². The Bertz CT molecular complexity index is 1390. The average Bonchev–Trinajstić information content (AvgIpc) is 3.23. The average molecular weight is 468 g/mol. The molecule has 0 saturated heterocycles. The maximum atomic E-state index is 13.2. The van der Waals surface area contributed by atoms with Crippen molar-refractivity contribution in [3.63, 3.8) is 0 Å². The molecule has 1 unspecified atom stereocenters. The zero-order chi connectivity index (χ0) is 23.8. The molecule has 2 heterocycles. The number of Topliss-reactive ketones (excluding diaryl/α,β-unsaturated/α-hetero) is 1. The summed E-state index contributed by atoms with van der Waals surface area (Å²) in [5, 5.41) is 15.1. The quantitative estimate of drug-likeness (QED) is 0.446. The normalized spacial score (nSPS) is 13.0. The molecule has 0 radical (unpaired) electrons. The number of ether oxygens (including phenoxy) is 2. The molecule has 9 heteroatoms. The number of methoxy groups -OCH3 is 1. The number of hydrogen-bond donors (Lipinski definition) is 1. The number of ketones is 1. The van der Waals surface area contributed by atoms with Crippen LogP contribution in [-0.2, 0) is 4.79 Å². The van der Waals surface area contributed by atoms with Gasteiger partial charge in [-0.1, -0.05) is 23.7 Å². The number of carbonyl (C=O) groups excluding carboxylic acids is 1. The van der Waals surface area contributed by atoms with Crippen molar-refractivity contribution in [2.24, 2.45) is 0 Å². The molecule has 1 atom stereocenters. The van der Waals surface area contributed by atoms with E-state index in [2.05, 4.69) is 5.10 Å². The van der Waals surface area contributed by atoms with Gasteiger partial charge in [0.05, 0.1) is 12.8 Å². The molecule has 4 rings (SSSR count). The fraction of sp³-hybridized carbons (Fsp3) is 0.208. The summed E-state index contributed by atoms with van der Waals surface area (Å²) in [4.78, 5) is 24.7. The molecule has 1 N–H and O–H groups in total. The second-order valence-electron chi connectivity index (χ2n) is 7.83. The molecule has 2 aromatic heterocycles. The van der Waals surface area contributed by atoms with Gasteiger partial charge in [-0.2, -0.15) is 5.10 Å². The van der Waals surface area contributed by atoms with Crippen LogP contribution in [0.2, 0.25) is 5.02 Å². The largest absolute Gasteiger partial charge is 0.493 e. The summed E-state index contributed by atoms with van der Waals surface area (Å²) >= 11 is 5.97. The highest BCUT2D eigenvalue weighted by Crippen LogP contribution is 2.30. The Morgan fingerprint density at radius 1 is 1.12 bits per heavy atom.